The maximum absolute atomic E-state index is 12.0. The van der Waals surface area contributed by atoms with Crippen LogP contribution in [0, 0.1) is 34.5 Å². The maximum atomic E-state index is 12.0. The molecule has 3 fully saturated rings. The molecular formula is C22H30O3. The molecule has 0 aromatic carbocycles. The average molecular weight is 342 g/mol. The van der Waals surface area contributed by atoms with Gasteiger partial charge in [-0.05, 0) is 79.8 Å². The molecule has 4 rings (SSSR count). The zero-order chi connectivity index (χ0) is 18.0. The number of aliphatic carboxylic acids is 1. The fourth-order valence-electron chi connectivity index (χ4n) is 7.39. The van der Waals surface area contributed by atoms with Gasteiger partial charge in [0.25, 0.3) is 0 Å². The van der Waals surface area contributed by atoms with Gasteiger partial charge in [-0.3, -0.25) is 4.79 Å². The largest absolute Gasteiger partial charge is 0.478 e. The van der Waals surface area contributed by atoms with Crippen LogP contribution in [0.15, 0.2) is 23.3 Å². The smallest absolute Gasteiger partial charge is 0.332 e. The molecule has 0 bridgehead atoms. The number of fused-ring (bicyclic) bond motifs is 5. The van der Waals surface area contributed by atoms with Crippen molar-refractivity contribution in [1.82, 2.24) is 0 Å². The molecule has 0 amide bonds. The quantitative estimate of drug-likeness (QED) is 0.786. The highest BCUT2D eigenvalue weighted by Gasteiger charge is 2.60. The van der Waals surface area contributed by atoms with Gasteiger partial charge in [-0.25, -0.2) is 4.79 Å². The van der Waals surface area contributed by atoms with E-state index in [1.807, 2.05) is 0 Å². The van der Waals surface area contributed by atoms with E-state index in [-0.39, 0.29) is 5.78 Å². The lowest BCUT2D eigenvalue weighted by Gasteiger charge is -2.58. The number of carboxylic acids is 1. The summed E-state index contributed by atoms with van der Waals surface area (Å²) in [6, 6.07) is 0. The van der Waals surface area contributed by atoms with Crippen LogP contribution in [0.2, 0.25) is 0 Å². The van der Waals surface area contributed by atoms with Crippen molar-refractivity contribution in [2.75, 3.05) is 0 Å². The zero-order valence-electron chi connectivity index (χ0n) is 15.7. The van der Waals surface area contributed by atoms with Crippen LogP contribution in [0.5, 0.6) is 0 Å². The number of carbonyl (C=O) groups excluding carboxylic acids is 1. The van der Waals surface area contributed by atoms with E-state index in [9.17, 15) is 14.7 Å². The van der Waals surface area contributed by atoms with E-state index in [2.05, 4.69) is 20.8 Å². The van der Waals surface area contributed by atoms with Crippen molar-refractivity contribution in [1.29, 1.82) is 0 Å². The Morgan fingerprint density at radius 3 is 2.60 bits per heavy atom. The van der Waals surface area contributed by atoms with Crippen LogP contribution in [-0.2, 0) is 9.59 Å². The predicted molar refractivity (Wildman–Crippen MR) is 97.0 cm³/mol. The van der Waals surface area contributed by atoms with Gasteiger partial charge in [0.05, 0.1) is 5.57 Å². The number of hydrogen-bond donors (Lipinski definition) is 1. The van der Waals surface area contributed by atoms with Crippen molar-refractivity contribution in [3.63, 3.8) is 0 Å². The number of carboxylic acid groups (broad SMARTS) is 1. The summed E-state index contributed by atoms with van der Waals surface area (Å²) in [5.41, 5.74) is 1.41. The summed E-state index contributed by atoms with van der Waals surface area (Å²) >= 11 is 0. The Labute approximate surface area is 150 Å². The van der Waals surface area contributed by atoms with E-state index in [1.54, 1.807) is 6.08 Å². The molecule has 4 aliphatic carbocycles. The first-order chi connectivity index (χ1) is 11.8. The van der Waals surface area contributed by atoms with Crippen LogP contribution in [0.4, 0.5) is 0 Å². The van der Waals surface area contributed by atoms with Gasteiger partial charge in [0.15, 0.2) is 5.78 Å². The molecule has 3 heteroatoms. The number of hydrogen-bond acceptors (Lipinski definition) is 2. The van der Waals surface area contributed by atoms with E-state index >= 15 is 0 Å². The summed E-state index contributed by atoms with van der Waals surface area (Å²) in [6.07, 6.45) is 11.4. The minimum Gasteiger partial charge on any atom is -0.478 e. The zero-order valence-corrected chi connectivity index (χ0v) is 15.7. The maximum Gasteiger partial charge on any atom is 0.332 e. The highest BCUT2D eigenvalue weighted by molar-refractivity contribution is 6.08. The highest BCUT2D eigenvalue weighted by Crippen LogP contribution is 2.67. The molecular weight excluding hydrogens is 312 g/mol. The fraction of sp³-hybridized carbons (Fsp3) is 0.727. The van der Waals surface area contributed by atoms with E-state index in [0.29, 0.717) is 22.8 Å². The highest BCUT2D eigenvalue weighted by atomic mass is 16.4. The molecule has 4 aliphatic rings. The van der Waals surface area contributed by atoms with E-state index in [4.69, 9.17) is 0 Å². The van der Waals surface area contributed by atoms with Crippen LogP contribution >= 0.6 is 0 Å². The molecule has 6 atom stereocenters. The fourth-order valence-corrected chi connectivity index (χ4v) is 7.39. The third-order valence-corrected chi connectivity index (χ3v) is 8.67. The average Bonchev–Trinajstić information content (AvgIpc) is 2.91. The summed E-state index contributed by atoms with van der Waals surface area (Å²) in [7, 11) is 0. The summed E-state index contributed by atoms with van der Waals surface area (Å²) in [5, 5.41) is 9.82. The Hall–Kier alpha value is -1.38. The Kier molecular flexibility index (Phi) is 3.79. The van der Waals surface area contributed by atoms with Crippen molar-refractivity contribution in [2.45, 2.75) is 65.7 Å². The second-order valence-corrected chi connectivity index (χ2v) is 9.28. The Morgan fingerprint density at radius 1 is 1.16 bits per heavy atom. The first-order valence-electron chi connectivity index (χ1n) is 10.0. The van der Waals surface area contributed by atoms with Crippen LogP contribution in [0.25, 0.3) is 0 Å². The molecule has 0 aliphatic heterocycles. The minimum atomic E-state index is -0.909. The third kappa shape index (κ3) is 2.17. The van der Waals surface area contributed by atoms with Crippen molar-refractivity contribution in [3.05, 3.63) is 23.3 Å². The summed E-state index contributed by atoms with van der Waals surface area (Å²) < 4.78 is 0. The molecule has 3 nitrogen and oxygen atoms in total. The number of carbonyl (C=O) groups is 2. The van der Waals surface area contributed by atoms with Gasteiger partial charge in [-0.2, -0.15) is 0 Å². The van der Waals surface area contributed by atoms with E-state index < -0.39 is 11.4 Å². The molecule has 0 saturated heterocycles. The molecule has 0 unspecified atom stereocenters. The first-order valence-corrected chi connectivity index (χ1v) is 10.0. The van der Waals surface area contributed by atoms with Crippen LogP contribution in [-0.4, -0.2) is 16.9 Å². The second kappa shape index (κ2) is 5.56. The van der Waals surface area contributed by atoms with Crippen molar-refractivity contribution in [2.24, 2.45) is 34.5 Å². The lowest BCUT2D eigenvalue weighted by molar-refractivity contribution is -0.135. The predicted octanol–water partition coefficient (Wildman–Crippen LogP) is 4.78. The molecule has 0 heterocycles. The second-order valence-electron chi connectivity index (χ2n) is 9.28. The molecule has 25 heavy (non-hydrogen) atoms. The number of rotatable bonds is 2. The van der Waals surface area contributed by atoms with Crippen molar-refractivity contribution >= 4 is 11.8 Å². The Morgan fingerprint density at radius 2 is 1.92 bits per heavy atom. The Bertz CT molecular complexity index is 687. The molecule has 1 N–H and O–H groups in total. The third-order valence-electron chi connectivity index (χ3n) is 8.67. The standard InChI is InChI=1S/C22H30O3/c1-4-13-6-8-17-16-7-5-14-11-15(23)12-19(20(24)25)22(14,3)18(16)9-10-21(13,17)2/h11-13,16-18H,4-10H2,1-3H3,(H,24,25)/t13-,16-,17-,18-,21+,22-/m0/s1. The van der Waals surface area contributed by atoms with Gasteiger partial charge in [-0.15, -0.1) is 0 Å². The molecule has 0 aromatic heterocycles. The van der Waals surface area contributed by atoms with Crippen LogP contribution in [0.1, 0.15) is 65.7 Å². The van der Waals surface area contributed by atoms with Gasteiger partial charge in [0, 0.05) is 5.41 Å². The SMILES string of the molecule is CC[C@H]1CC[C@H]2[C@@H]3CCC4=CC(=O)C=C(C(=O)O)[C@]4(C)[C@H]3CC[C@]12C. The van der Waals surface area contributed by atoms with Crippen molar-refractivity contribution < 1.29 is 14.7 Å². The van der Waals surface area contributed by atoms with Gasteiger partial charge in [0.1, 0.15) is 0 Å². The van der Waals surface area contributed by atoms with Gasteiger partial charge in [0.2, 0.25) is 0 Å². The summed E-state index contributed by atoms with van der Waals surface area (Å²) in [6.45, 7) is 6.93. The minimum absolute atomic E-state index is 0.143. The first kappa shape index (κ1) is 17.1. The number of ketones is 1. The molecule has 0 spiro atoms. The summed E-state index contributed by atoms with van der Waals surface area (Å²) in [4.78, 5) is 24.0. The van der Waals surface area contributed by atoms with Gasteiger partial charge < -0.3 is 5.11 Å². The molecule has 3 saturated carbocycles. The van der Waals surface area contributed by atoms with Gasteiger partial charge >= 0.3 is 5.97 Å². The van der Waals surface area contributed by atoms with E-state index in [0.717, 1.165) is 36.7 Å². The molecule has 0 radical (unpaired) electrons. The topological polar surface area (TPSA) is 54.4 Å². The normalized spacial score (nSPS) is 45.8. The van der Waals surface area contributed by atoms with Crippen molar-refractivity contribution in [3.8, 4) is 0 Å². The molecule has 136 valence electrons. The molecule has 0 aromatic rings. The van der Waals surface area contributed by atoms with Gasteiger partial charge in [-0.1, -0.05) is 32.8 Å². The lowest BCUT2D eigenvalue weighted by Crippen LogP contribution is -2.51. The van der Waals surface area contributed by atoms with E-state index in [1.165, 1.54) is 31.8 Å². The lowest BCUT2D eigenvalue weighted by atomic mass is 9.46. The number of allylic oxidation sites excluding steroid dienone is 3. The Balaban J connectivity index is 1.75. The summed E-state index contributed by atoms with van der Waals surface area (Å²) in [5.74, 6) is 1.47. The van der Waals surface area contributed by atoms with Crippen LogP contribution in [0.3, 0.4) is 0 Å². The van der Waals surface area contributed by atoms with Crippen LogP contribution < -0.4 is 0 Å². The monoisotopic (exact) mass is 342 g/mol.